The van der Waals surface area contributed by atoms with Gasteiger partial charge >= 0.3 is 6.09 Å². The van der Waals surface area contributed by atoms with Gasteiger partial charge in [-0.1, -0.05) is 31.1 Å². The third kappa shape index (κ3) is 2.61. The Kier molecular flexibility index (Phi) is 3.37. The molecule has 1 aromatic carbocycles. The van der Waals surface area contributed by atoms with E-state index in [1.54, 1.807) is 0 Å². The van der Waals surface area contributed by atoms with Crippen molar-refractivity contribution in [2.75, 3.05) is 0 Å². The lowest BCUT2D eigenvalue weighted by Crippen LogP contribution is -2.24. The number of carboxylic acid groups (broad SMARTS) is 1. The minimum absolute atomic E-state index is 0.122. The lowest BCUT2D eigenvalue weighted by atomic mass is 10.0. The Morgan fingerprint density at radius 2 is 2.29 bits per heavy atom. The number of aromatic nitrogens is 2. The summed E-state index contributed by atoms with van der Waals surface area (Å²) in [7, 11) is 0. The molecule has 3 rings (SSSR count). The monoisotopic (exact) mass is 287 g/mol. The summed E-state index contributed by atoms with van der Waals surface area (Å²) in [6.07, 6.45) is 0.647. The molecule has 0 spiro atoms. The Morgan fingerprint density at radius 3 is 2.95 bits per heavy atom. The number of amides is 1. The van der Waals surface area contributed by atoms with Gasteiger partial charge in [-0.3, -0.25) is 0 Å². The van der Waals surface area contributed by atoms with Crippen molar-refractivity contribution in [2.45, 2.75) is 38.6 Å². The largest absolute Gasteiger partial charge is 0.465 e. The van der Waals surface area contributed by atoms with Crippen LogP contribution in [0.15, 0.2) is 22.7 Å². The van der Waals surface area contributed by atoms with Gasteiger partial charge < -0.3 is 14.9 Å². The van der Waals surface area contributed by atoms with Crippen molar-refractivity contribution in [1.29, 1.82) is 0 Å². The standard InChI is InChI=1S/C15H17N3O3/c1-8(2)14-17-13(18-21-14)10-3-5-11-9(7-10)4-6-12(11)16-15(19)20/h3,5,7-8,12,16H,4,6H2,1-2H3,(H,19,20)/t12-/m1/s1. The zero-order valence-electron chi connectivity index (χ0n) is 12.0. The molecule has 1 heterocycles. The first-order valence-electron chi connectivity index (χ1n) is 7.01. The van der Waals surface area contributed by atoms with E-state index in [9.17, 15) is 4.79 Å². The summed E-state index contributed by atoms with van der Waals surface area (Å²) < 4.78 is 5.22. The summed E-state index contributed by atoms with van der Waals surface area (Å²) in [4.78, 5) is 15.2. The zero-order chi connectivity index (χ0) is 15.0. The molecule has 1 aliphatic carbocycles. The molecular weight excluding hydrogens is 270 g/mol. The van der Waals surface area contributed by atoms with E-state index in [1.807, 2.05) is 32.0 Å². The van der Waals surface area contributed by atoms with E-state index < -0.39 is 6.09 Å². The van der Waals surface area contributed by atoms with Gasteiger partial charge in [-0.25, -0.2) is 4.79 Å². The van der Waals surface area contributed by atoms with Crippen LogP contribution in [0.5, 0.6) is 0 Å². The fraction of sp³-hybridized carbons (Fsp3) is 0.400. The molecule has 21 heavy (non-hydrogen) atoms. The number of nitrogens with one attached hydrogen (secondary N) is 1. The number of aryl methyl sites for hydroxylation is 1. The summed E-state index contributed by atoms with van der Waals surface area (Å²) in [5, 5.41) is 15.4. The van der Waals surface area contributed by atoms with Gasteiger partial charge in [0.2, 0.25) is 11.7 Å². The Hall–Kier alpha value is -2.37. The van der Waals surface area contributed by atoms with Gasteiger partial charge in [-0.15, -0.1) is 0 Å². The molecule has 110 valence electrons. The average Bonchev–Trinajstić information content (AvgIpc) is 3.05. The molecule has 0 bridgehead atoms. The Labute approximate surface area is 122 Å². The summed E-state index contributed by atoms with van der Waals surface area (Å²) in [5.41, 5.74) is 3.08. The third-order valence-electron chi connectivity index (χ3n) is 3.71. The van der Waals surface area contributed by atoms with Gasteiger partial charge in [0, 0.05) is 11.5 Å². The van der Waals surface area contributed by atoms with Gasteiger partial charge in [0.15, 0.2) is 0 Å². The van der Waals surface area contributed by atoms with E-state index in [2.05, 4.69) is 15.5 Å². The van der Waals surface area contributed by atoms with E-state index >= 15 is 0 Å². The van der Waals surface area contributed by atoms with Gasteiger partial charge in [-0.05, 0) is 30.0 Å². The van der Waals surface area contributed by atoms with Crippen LogP contribution in [0.1, 0.15) is 49.2 Å². The van der Waals surface area contributed by atoms with Crippen molar-refractivity contribution < 1.29 is 14.4 Å². The molecule has 1 aliphatic rings. The maximum absolute atomic E-state index is 10.8. The number of carbonyl (C=O) groups is 1. The Morgan fingerprint density at radius 1 is 1.48 bits per heavy atom. The first-order valence-corrected chi connectivity index (χ1v) is 7.01. The fourth-order valence-electron chi connectivity index (χ4n) is 2.64. The molecule has 0 saturated heterocycles. The van der Waals surface area contributed by atoms with Crippen molar-refractivity contribution in [2.24, 2.45) is 0 Å². The first-order chi connectivity index (χ1) is 10.0. The van der Waals surface area contributed by atoms with Crippen LogP contribution >= 0.6 is 0 Å². The van der Waals surface area contributed by atoms with Crippen molar-refractivity contribution in [1.82, 2.24) is 15.5 Å². The van der Waals surface area contributed by atoms with Crippen LogP contribution < -0.4 is 5.32 Å². The molecule has 0 aliphatic heterocycles. The van der Waals surface area contributed by atoms with Crippen LogP contribution in [-0.2, 0) is 6.42 Å². The number of fused-ring (bicyclic) bond motifs is 1. The number of benzene rings is 1. The van der Waals surface area contributed by atoms with Crippen LogP contribution in [-0.4, -0.2) is 21.3 Å². The summed E-state index contributed by atoms with van der Waals surface area (Å²) in [6, 6.07) is 5.76. The highest BCUT2D eigenvalue weighted by Gasteiger charge is 2.24. The van der Waals surface area contributed by atoms with Crippen LogP contribution in [0.2, 0.25) is 0 Å². The average molecular weight is 287 g/mol. The maximum atomic E-state index is 10.8. The van der Waals surface area contributed by atoms with Gasteiger partial charge in [0.25, 0.3) is 0 Å². The van der Waals surface area contributed by atoms with Gasteiger partial charge in [-0.2, -0.15) is 4.98 Å². The van der Waals surface area contributed by atoms with Crippen molar-refractivity contribution in [3.63, 3.8) is 0 Å². The molecule has 1 aromatic heterocycles. The minimum atomic E-state index is -0.989. The topological polar surface area (TPSA) is 88.2 Å². The first kappa shape index (κ1) is 13.6. The molecule has 6 heteroatoms. The third-order valence-corrected chi connectivity index (χ3v) is 3.71. The molecule has 0 fully saturated rings. The molecule has 2 aromatic rings. The smallest absolute Gasteiger partial charge is 0.405 e. The fourth-order valence-corrected chi connectivity index (χ4v) is 2.64. The van der Waals surface area contributed by atoms with Crippen molar-refractivity contribution in [3.05, 3.63) is 35.2 Å². The number of nitrogens with zero attached hydrogens (tertiary/aromatic N) is 2. The summed E-state index contributed by atoms with van der Waals surface area (Å²) in [5.74, 6) is 1.40. The highest BCUT2D eigenvalue weighted by Crippen LogP contribution is 2.33. The molecule has 0 radical (unpaired) electrons. The van der Waals surface area contributed by atoms with Crippen LogP contribution in [0.3, 0.4) is 0 Å². The second-order valence-electron chi connectivity index (χ2n) is 5.57. The lowest BCUT2D eigenvalue weighted by Gasteiger charge is -2.11. The van der Waals surface area contributed by atoms with Crippen LogP contribution in [0.4, 0.5) is 4.79 Å². The number of hydrogen-bond acceptors (Lipinski definition) is 4. The van der Waals surface area contributed by atoms with Gasteiger partial charge in [0.1, 0.15) is 0 Å². The van der Waals surface area contributed by atoms with Crippen LogP contribution in [0.25, 0.3) is 11.4 Å². The van der Waals surface area contributed by atoms with E-state index in [1.165, 1.54) is 0 Å². The SMILES string of the molecule is CC(C)c1nc(-c2ccc3c(c2)CC[C@H]3NC(=O)O)no1. The normalized spacial score (nSPS) is 17.0. The van der Waals surface area contributed by atoms with E-state index in [4.69, 9.17) is 9.63 Å². The summed E-state index contributed by atoms with van der Waals surface area (Å²) in [6.45, 7) is 4.00. The van der Waals surface area contributed by atoms with Crippen molar-refractivity contribution in [3.8, 4) is 11.4 Å². The second-order valence-corrected chi connectivity index (χ2v) is 5.57. The molecule has 1 atom stereocenters. The maximum Gasteiger partial charge on any atom is 0.405 e. The predicted octanol–water partition coefficient (Wildman–Crippen LogP) is 3.11. The summed E-state index contributed by atoms with van der Waals surface area (Å²) >= 11 is 0. The van der Waals surface area contributed by atoms with E-state index in [0.29, 0.717) is 11.7 Å². The van der Waals surface area contributed by atoms with E-state index in [-0.39, 0.29) is 12.0 Å². The quantitative estimate of drug-likeness (QED) is 0.905. The van der Waals surface area contributed by atoms with E-state index in [0.717, 1.165) is 29.5 Å². The molecular formula is C15H17N3O3. The molecule has 0 unspecified atom stereocenters. The Balaban J connectivity index is 1.88. The highest BCUT2D eigenvalue weighted by atomic mass is 16.5. The van der Waals surface area contributed by atoms with Crippen molar-refractivity contribution >= 4 is 6.09 Å². The number of rotatable bonds is 3. The van der Waals surface area contributed by atoms with Gasteiger partial charge in [0.05, 0.1) is 6.04 Å². The molecule has 6 nitrogen and oxygen atoms in total. The number of hydrogen-bond donors (Lipinski definition) is 2. The second kappa shape index (κ2) is 5.20. The lowest BCUT2D eigenvalue weighted by molar-refractivity contribution is 0.190. The predicted molar refractivity (Wildman–Crippen MR) is 76.0 cm³/mol. The zero-order valence-corrected chi connectivity index (χ0v) is 12.0. The minimum Gasteiger partial charge on any atom is -0.465 e. The highest BCUT2D eigenvalue weighted by molar-refractivity contribution is 5.66. The molecule has 1 amide bonds. The van der Waals surface area contributed by atoms with Crippen LogP contribution in [0, 0.1) is 0 Å². The molecule has 0 saturated carbocycles. The molecule has 2 N–H and O–H groups in total. The Bertz CT molecular complexity index is 679.